The number of nitrogens with one attached hydrogen (secondary N) is 1. The van der Waals surface area contributed by atoms with Crippen LogP contribution in [0.1, 0.15) is 40.5 Å². The van der Waals surface area contributed by atoms with Gasteiger partial charge in [-0.05, 0) is 55.2 Å². The highest BCUT2D eigenvalue weighted by molar-refractivity contribution is 14.1. The molecule has 1 amide bonds. The van der Waals surface area contributed by atoms with Gasteiger partial charge in [-0.25, -0.2) is 0 Å². The largest absolute Gasteiger partial charge is 0.390 e. The van der Waals surface area contributed by atoms with Crippen molar-refractivity contribution in [3.05, 3.63) is 56.4 Å². The number of ether oxygens (including phenoxy) is 2. The van der Waals surface area contributed by atoms with E-state index in [0.29, 0.717) is 21.1 Å². The van der Waals surface area contributed by atoms with Gasteiger partial charge in [-0.15, -0.1) is 0 Å². The molecule has 0 aromatic carbocycles. The van der Waals surface area contributed by atoms with Crippen LogP contribution in [0.5, 0.6) is 0 Å². The summed E-state index contributed by atoms with van der Waals surface area (Å²) in [5, 5.41) is 23.5. The lowest BCUT2D eigenvalue weighted by molar-refractivity contribution is -0.120. The quantitative estimate of drug-likeness (QED) is 0.272. The van der Waals surface area contributed by atoms with Crippen LogP contribution in [0.2, 0.25) is 0 Å². The number of carbonyl (C=O) groups excluding carboxylic acids is 3. The maximum absolute atomic E-state index is 13.2. The predicted octanol–water partition coefficient (Wildman–Crippen LogP) is 3.87. The minimum absolute atomic E-state index is 0.0663. The van der Waals surface area contributed by atoms with Gasteiger partial charge in [0.25, 0.3) is 5.91 Å². The standard InChI is InChI=1S/C28H35IN2O6/c1-15-10-19-25(29)22(32)13-21(27(19)34)31-28(35)16(2)8-7-9-23(36-5)20(14-30)17(3)12-18(4)26(33)24(11-15)37-6/h7-9,12-13,15,18,20,23-24,26,33H,10-11H2,1-6H3,(H,31,35)/b9-7-,16-8+,17-12+/t15-,18+,20+,23+,24+,26-/m1/s1. The van der Waals surface area contributed by atoms with Crippen LogP contribution in [-0.4, -0.2) is 55.1 Å². The van der Waals surface area contributed by atoms with Crippen LogP contribution in [0.4, 0.5) is 0 Å². The summed E-state index contributed by atoms with van der Waals surface area (Å²) in [6.07, 6.45) is 6.58. The Morgan fingerprint density at radius 3 is 2.43 bits per heavy atom. The molecule has 0 saturated heterocycles. The lowest BCUT2D eigenvalue weighted by Gasteiger charge is -2.29. The summed E-state index contributed by atoms with van der Waals surface area (Å²) in [6, 6.07) is 2.27. The van der Waals surface area contributed by atoms with Gasteiger partial charge >= 0.3 is 0 Å². The molecule has 0 saturated carbocycles. The van der Waals surface area contributed by atoms with Gasteiger partial charge in [-0.1, -0.05) is 43.7 Å². The second-order valence-corrected chi connectivity index (χ2v) is 10.7. The Morgan fingerprint density at radius 1 is 1.16 bits per heavy atom. The van der Waals surface area contributed by atoms with Gasteiger partial charge in [0.15, 0.2) is 5.78 Å². The van der Waals surface area contributed by atoms with Crippen molar-refractivity contribution in [2.45, 2.75) is 58.8 Å². The summed E-state index contributed by atoms with van der Waals surface area (Å²) < 4.78 is 11.5. The summed E-state index contributed by atoms with van der Waals surface area (Å²) in [5.41, 5.74) is 1.32. The van der Waals surface area contributed by atoms with E-state index in [1.54, 1.807) is 25.2 Å². The zero-order valence-electron chi connectivity index (χ0n) is 22.1. The molecule has 0 unspecified atom stereocenters. The SMILES string of the molecule is CO[C@H]1/C=C\C=C(/C)C(=O)NC2=CC(=O)C(I)=C(C[C@@H](C)C[C@H](OC)[C@H](O)[C@@H](C)/C=C(\C)[C@@H]1C#N)C2=O. The van der Waals surface area contributed by atoms with E-state index >= 15 is 0 Å². The molecule has 0 aromatic rings. The number of carbonyl (C=O) groups is 3. The van der Waals surface area contributed by atoms with Crippen LogP contribution in [0.3, 0.4) is 0 Å². The predicted molar refractivity (Wildman–Crippen MR) is 148 cm³/mol. The van der Waals surface area contributed by atoms with Gasteiger partial charge in [0.2, 0.25) is 5.78 Å². The Kier molecular flexibility index (Phi) is 11.6. The number of ketones is 2. The summed E-state index contributed by atoms with van der Waals surface area (Å²) in [5.74, 6) is -2.30. The topological polar surface area (TPSA) is 126 Å². The first kappa shape index (κ1) is 30.8. The molecule has 0 fully saturated rings. The second-order valence-electron chi connectivity index (χ2n) is 9.62. The summed E-state index contributed by atoms with van der Waals surface area (Å²) in [7, 11) is 3.02. The number of halogens is 1. The Bertz CT molecular complexity index is 1110. The molecule has 9 heteroatoms. The van der Waals surface area contributed by atoms with Crippen LogP contribution < -0.4 is 5.32 Å². The van der Waals surface area contributed by atoms with Crippen molar-refractivity contribution >= 4 is 40.1 Å². The average molecular weight is 622 g/mol. The van der Waals surface area contributed by atoms with Crippen molar-refractivity contribution in [3.63, 3.8) is 0 Å². The molecular weight excluding hydrogens is 587 g/mol. The molecule has 2 aliphatic rings. The maximum Gasteiger partial charge on any atom is 0.251 e. The molecule has 1 aliphatic heterocycles. The van der Waals surface area contributed by atoms with Crippen LogP contribution in [-0.2, 0) is 23.9 Å². The number of hydrogen-bond acceptors (Lipinski definition) is 7. The molecule has 2 rings (SSSR count). The maximum atomic E-state index is 13.2. The number of aliphatic hydroxyl groups is 1. The van der Waals surface area contributed by atoms with E-state index in [0.717, 1.165) is 11.6 Å². The monoisotopic (exact) mass is 622 g/mol. The Balaban J connectivity index is 2.54. The molecule has 37 heavy (non-hydrogen) atoms. The smallest absolute Gasteiger partial charge is 0.251 e. The van der Waals surface area contributed by atoms with E-state index in [1.165, 1.54) is 14.2 Å². The Hall–Kier alpha value is -2.39. The number of rotatable bonds is 2. The molecule has 2 bridgehead atoms. The number of nitriles is 1. The average Bonchev–Trinajstić information content (AvgIpc) is 2.86. The normalized spacial score (nSPS) is 34.5. The highest BCUT2D eigenvalue weighted by Gasteiger charge is 2.32. The van der Waals surface area contributed by atoms with Crippen molar-refractivity contribution in [1.29, 1.82) is 5.26 Å². The lowest BCUT2D eigenvalue weighted by Crippen LogP contribution is -2.35. The lowest BCUT2D eigenvalue weighted by atomic mass is 9.85. The van der Waals surface area contributed by atoms with E-state index in [4.69, 9.17) is 9.47 Å². The number of amides is 1. The van der Waals surface area contributed by atoms with E-state index in [-0.39, 0.29) is 29.7 Å². The van der Waals surface area contributed by atoms with Gasteiger partial charge < -0.3 is 19.9 Å². The van der Waals surface area contributed by atoms with Crippen molar-refractivity contribution in [2.24, 2.45) is 17.8 Å². The summed E-state index contributed by atoms with van der Waals surface area (Å²) in [4.78, 5) is 38.6. The molecule has 0 spiro atoms. The Labute approximate surface area is 232 Å². The number of hydrogen-bond donors (Lipinski definition) is 2. The molecular formula is C28H35IN2O6. The number of aliphatic hydroxyl groups excluding tert-OH is 1. The fourth-order valence-electron chi connectivity index (χ4n) is 4.47. The van der Waals surface area contributed by atoms with Gasteiger partial charge in [-0.2, -0.15) is 5.26 Å². The summed E-state index contributed by atoms with van der Waals surface area (Å²) in [6.45, 7) is 7.19. The molecule has 1 aliphatic carbocycles. The number of Topliss-reactive ketones (excluding diaryl/α,β-unsaturated/α-hetero) is 1. The molecule has 1 heterocycles. The van der Waals surface area contributed by atoms with Crippen molar-refractivity contribution in [1.82, 2.24) is 5.32 Å². The molecule has 200 valence electrons. The van der Waals surface area contributed by atoms with E-state index in [1.807, 2.05) is 49.4 Å². The first-order valence-electron chi connectivity index (χ1n) is 12.1. The molecule has 0 radical (unpaired) electrons. The number of methoxy groups -OCH3 is 2. The third-order valence-electron chi connectivity index (χ3n) is 6.69. The minimum atomic E-state index is -0.863. The zero-order chi connectivity index (χ0) is 27.9. The second kappa shape index (κ2) is 14.0. The van der Waals surface area contributed by atoms with E-state index in [9.17, 15) is 24.8 Å². The van der Waals surface area contributed by atoms with Crippen LogP contribution in [0, 0.1) is 29.1 Å². The number of nitrogens with zero attached hydrogens (tertiary/aromatic N) is 1. The Morgan fingerprint density at radius 2 is 1.84 bits per heavy atom. The zero-order valence-corrected chi connectivity index (χ0v) is 24.2. The molecule has 6 atom stereocenters. The first-order chi connectivity index (χ1) is 17.4. The fraction of sp³-hybridized carbons (Fsp3) is 0.500. The van der Waals surface area contributed by atoms with Crippen LogP contribution in [0.15, 0.2) is 56.4 Å². The summed E-state index contributed by atoms with van der Waals surface area (Å²) >= 11 is 1.87. The highest BCUT2D eigenvalue weighted by Crippen LogP contribution is 2.31. The van der Waals surface area contributed by atoms with Crippen LogP contribution >= 0.6 is 22.6 Å². The van der Waals surface area contributed by atoms with E-state index in [2.05, 4.69) is 11.4 Å². The highest BCUT2D eigenvalue weighted by atomic mass is 127. The molecule has 2 N–H and O–H groups in total. The molecule has 8 nitrogen and oxygen atoms in total. The molecule has 0 aromatic heterocycles. The van der Waals surface area contributed by atoms with Gasteiger partial charge in [0.1, 0.15) is 0 Å². The van der Waals surface area contributed by atoms with E-state index < -0.39 is 35.9 Å². The van der Waals surface area contributed by atoms with Crippen molar-refractivity contribution in [3.8, 4) is 6.07 Å². The number of allylic oxidation sites excluding steroid dienone is 5. The van der Waals surface area contributed by atoms with Gasteiger partial charge in [0, 0.05) is 37.4 Å². The number of fused-ring (bicyclic) bond motifs is 2. The van der Waals surface area contributed by atoms with Gasteiger partial charge in [-0.3, -0.25) is 14.4 Å². The fourth-order valence-corrected chi connectivity index (χ4v) is 5.09. The van der Waals surface area contributed by atoms with Crippen molar-refractivity contribution in [2.75, 3.05) is 14.2 Å². The third-order valence-corrected chi connectivity index (χ3v) is 7.88. The van der Waals surface area contributed by atoms with Gasteiger partial charge in [0.05, 0.1) is 39.6 Å². The van der Waals surface area contributed by atoms with Crippen LogP contribution in [0.25, 0.3) is 0 Å². The van der Waals surface area contributed by atoms with Crippen molar-refractivity contribution < 1.29 is 29.0 Å². The minimum Gasteiger partial charge on any atom is -0.390 e. The third kappa shape index (κ3) is 7.80. The first-order valence-corrected chi connectivity index (χ1v) is 13.2.